The molecule has 0 saturated heterocycles. The van der Waals surface area contributed by atoms with Gasteiger partial charge in [-0.3, -0.25) is 0 Å². The second-order valence-electron chi connectivity index (χ2n) is 2.95. The van der Waals surface area contributed by atoms with E-state index in [1.807, 2.05) is 18.4 Å². The fourth-order valence-electron chi connectivity index (χ4n) is 1.25. The number of hydrogen-bond acceptors (Lipinski definition) is 5. The van der Waals surface area contributed by atoms with E-state index in [1.165, 1.54) is 18.4 Å². The molecule has 0 aliphatic carbocycles. The number of hydrogen-bond donors (Lipinski definition) is 0. The van der Waals surface area contributed by atoms with E-state index in [0.29, 0.717) is 5.69 Å². The van der Waals surface area contributed by atoms with Crippen molar-refractivity contribution >= 4 is 28.6 Å². The average molecular weight is 239 g/mol. The van der Waals surface area contributed by atoms with Crippen LogP contribution in [-0.2, 0) is 4.74 Å². The number of carbonyl (C=O) groups is 1. The van der Waals surface area contributed by atoms with Crippen LogP contribution in [0.4, 0.5) is 0 Å². The molecule has 2 rings (SSSR count). The lowest BCUT2D eigenvalue weighted by molar-refractivity contribution is 0.0596. The van der Waals surface area contributed by atoms with Crippen LogP contribution < -0.4 is 0 Å². The van der Waals surface area contributed by atoms with Gasteiger partial charge >= 0.3 is 5.97 Å². The maximum Gasteiger partial charge on any atom is 0.358 e. The fraction of sp³-hybridized carbons (Fsp3) is 0.200. The highest BCUT2D eigenvalue weighted by molar-refractivity contribution is 7.20. The van der Waals surface area contributed by atoms with Crippen molar-refractivity contribution in [2.45, 2.75) is 6.92 Å². The van der Waals surface area contributed by atoms with Crippen LogP contribution in [0.3, 0.4) is 0 Å². The third-order valence-corrected chi connectivity index (χ3v) is 4.02. The summed E-state index contributed by atoms with van der Waals surface area (Å²) in [6.07, 6.45) is 0. The Hall–Kier alpha value is -1.20. The van der Waals surface area contributed by atoms with Gasteiger partial charge in [-0.25, -0.2) is 9.78 Å². The molecule has 0 amide bonds. The highest BCUT2D eigenvalue weighted by Crippen LogP contribution is 2.34. The zero-order valence-corrected chi connectivity index (χ0v) is 9.95. The van der Waals surface area contributed by atoms with Gasteiger partial charge < -0.3 is 4.74 Å². The molecule has 15 heavy (non-hydrogen) atoms. The first-order valence-electron chi connectivity index (χ1n) is 4.30. The molecule has 5 heteroatoms. The number of esters is 1. The molecular formula is C10H9NO2S2. The lowest BCUT2D eigenvalue weighted by Crippen LogP contribution is -2.02. The Morgan fingerprint density at radius 1 is 1.40 bits per heavy atom. The van der Waals surface area contributed by atoms with Gasteiger partial charge in [0.15, 0.2) is 5.69 Å². The van der Waals surface area contributed by atoms with E-state index in [2.05, 4.69) is 9.72 Å². The summed E-state index contributed by atoms with van der Waals surface area (Å²) in [7, 11) is 1.37. The van der Waals surface area contributed by atoms with Crippen molar-refractivity contribution in [2.24, 2.45) is 0 Å². The van der Waals surface area contributed by atoms with E-state index >= 15 is 0 Å². The van der Waals surface area contributed by atoms with Crippen LogP contribution in [-0.4, -0.2) is 18.1 Å². The largest absolute Gasteiger partial charge is 0.464 e. The molecule has 2 heterocycles. The van der Waals surface area contributed by atoms with Crippen LogP contribution in [0.2, 0.25) is 0 Å². The number of ether oxygens (including phenoxy) is 1. The first-order chi connectivity index (χ1) is 7.24. The maximum absolute atomic E-state index is 11.4. The third-order valence-electron chi connectivity index (χ3n) is 2.01. The smallest absolute Gasteiger partial charge is 0.358 e. The fourth-order valence-corrected chi connectivity index (χ4v) is 3.19. The van der Waals surface area contributed by atoms with Crippen LogP contribution >= 0.6 is 22.7 Å². The van der Waals surface area contributed by atoms with Gasteiger partial charge in [0.1, 0.15) is 0 Å². The van der Waals surface area contributed by atoms with Crippen molar-refractivity contribution in [1.29, 1.82) is 0 Å². The Balaban J connectivity index is 2.50. The van der Waals surface area contributed by atoms with Crippen molar-refractivity contribution in [1.82, 2.24) is 4.98 Å². The molecule has 0 unspecified atom stereocenters. The first-order valence-corrected chi connectivity index (χ1v) is 6.06. The maximum atomic E-state index is 11.4. The summed E-state index contributed by atoms with van der Waals surface area (Å²) in [6, 6.07) is 2.03. The van der Waals surface area contributed by atoms with Crippen LogP contribution in [0.25, 0.3) is 9.75 Å². The predicted molar refractivity (Wildman–Crippen MR) is 61.5 cm³/mol. The van der Waals surface area contributed by atoms with Gasteiger partial charge in [0, 0.05) is 4.88 Å². The number of methoxy groups -OCH3 is 1. The van der Waals surface area contributed by atoms with Gasteiger partial charge in [0.25, 0.3) is 0 Å². The minimum absolute atomic E-state index is 0.376. The molecular weight excluding hydrogens is 230 g/mol. The van der Waals surface area contributed by atoms with Gasteiger partial charge in [0.05, 0.1) is 17.5 Å². The first kappa shape index (κ1) is 10.3. The monoisotopic (exact) mass is 239 g/mol. The molecule has 0 radical (unpaired) electrons. The molecule has 0 saturated carbocycles. The summed E-state index contributed by atoms with van der Waals surface area (Å²) in [5.41, 5.74) is 3.24. The molecule has 0 fully saturated rings. The SMILES string of the molecule is COC(=O)c1ncsc1-c1sccc1C. The standard InChI is InChI=1S/C10H9NO2S2/c1-6-3-4-14-8(6)9-7(10(12)13-2)11-5-15-9/h3-5H,1-2H3. The molecule has 0 N–H and O–H groups in total. The summed E-state index contributed by atoms with van der Waals surface area (Å²) in [4.78, 5) is 17.5. The average Bonchev–Trinajstić information content (AvgIpc) is 2.84. The second-order valence-corrected chi connectivity index (χ2v) is 4.73. The number of thiophene rings is 1. The van der Waals surface area contributed by atoms with Gasteiger partial charge in [0.2, 0.25) is 0 Å². The topological polar surface area (TPSA) is 39.2 Å². The van der Waals surface area contributed by atoms with E-state index in [0.717, 1.165) is 15.3 Å². The zero-order valence-electron chi connectivity index (χ0n) is 8.31. The molecule has 0 spiro atoms. The molecule has 0 aliphatic heterocycles. The minimum Gasteiger partial charge on any atom is -0.464 e. The lowest BCUT2D eigenvalue weighted by Gasteiger charge is -1.99. The summed E-state index contributed by atoms with van der Waals surface area (Å²) < 4.78 is 4.68. The van der Waals surface area contributed by atoms with E-state index in [9.17, 15) is 4.79 Å². The van der Waals surface area contributed by atoms with E-state index < -0.39 is 0 Å². The molecule has 2 aromatic rings. The molecule has 0 atom stereocenters. The van der Waals surface area contributed by atoms with Crippen molar-refractivity contribution < 1.29 is 9.53 Å². The van der Waals surface area contributed by atoms with Crippen LogP contribution in [0.1, 0.15) is 16.1 Å². The normalized spacial score (nSPS) is 10.3. The molecule has 2 aromatic heterocycles. The van der Waals surface area contributed by atoms with Gasteiger partial charge in [-0.15, -0.1) is 22.7 Å². The number of aryl methyl sites for hydroxylation is 1. The molecule has 78 valence electrons. The Morgan fingerprint density at radius 3 is 2.80 bits per heavy atom. The van der Waals surface area contributed by atoms with Crippen molar-refractivity contribution in [3.05, 3.63) is 28.2 Å². The number of carbonyl (C=O) groups excluding carboxylic acids is 1. The van der Waals surface area contributed by atoms with E-state index in [4.69, 9.17) is 0 Å². The summed E-state index contributed by atoms with van der Waals surface area (Å²) in [6.45, 7) is 2.02. The van der Waals surface area contributed by atoms with Crippen LogP contribution in [0.5, 0.6) is 0 Å². The van der Waals surface area contributed by atoms with Gasteiger partial charge in [-0.2, -0.15) is 0 Å². The Morgan fingerprint density at radius 2 is 2.20 bits per heavy atom. The molecule has 3 nitrogen and oxygen atoms in total. The van der Waals surface area contributed by atoms with Crippen LogP contribution in [0, 0.1) is 6.92 Å². The van der Waals surface area contributed by atoms with Crippen molar-refractivity contribution in [2.75, 3.05) is 7.11 Å². The van der Waals surface area contributed by atoms with E-state index in [1.54, 1.807) is 16.8 Å². The number of thiazole rings is 1. The quantitative estimate of drug-likeness (QED) is 0.756. The van der Waals surface area contributed by atoms with Gasteiger partial charge in [-0.1, -0.05) is 0 Å². The Bertz CT molecular complexity index is 487. The van der Waals surface area contributed by atoms with E-state index in [-0.39, 0.29) is 5.97 Å². The van der Waals surface area contributed by atoms with Crippen molar-refractivity contribution in [3.63, 3.8) is 0 Å². The minimum atomic E-state index is -0.376. The number of rotatable bonds is 2. The second kappa shape index (κ2) is 4.12. The van der Waals surface area contributed by atoms with Crippen molar-refractivity contribution in [3.8, 4) is 9.75 Å². The molecule has 0 aromatic carbocycles. The van der Waals surface area contributed by atoms with Gasteiger partial charge in [-0.05, 0) is 23.9 Å². The highest BCUT2D eigenvalue weighted by Gasteiger charge is 2.18. The predicted octanol–water partition coefficient (Wildman–Crippen LogP) is 2.97. The van der Waals surface area contributed by atoms with Crippen LogP contribution in [0.15, 0.2) is 17.0 Å². The summed E-state index contributed by atoms with van der Waals surface area (Å²) in [5, 5.41) is 2.01. The lowest BCUT2D eigenvalue weighted by atomic mass is 10.2. The number of aromatic nitrogens is 1. The summed E-state index contributed by atoms with van der Waals surface area (Å²) >= 11 is 3.08. The highest BCUT2D eigenvalue weighted by atomic mass is 32.1. The Labute approximate surface area is 95.4 Å². The number of nitrogens with zero attached hydrogens (tertiary/aromatic N) is 1. The molecule has 0 bridgehead atoms. The zero-order chi connectivity index (χ0) is 10.8. The molecule has 0 aliphatic rings. The third kappa shape index (κ3) is 1.80. The summed E-state index contributed by atoms with van der Waals surface area (Å²) in [5.74, 6) is -0.376. The Kier molecular flexibility index (Phi) is 2.83.